The summed E-state index contributed by atoms with van der Waals surface area (Å²) >= 11 is -0.578. The van der Waals surface area contributed by atoms with Crippen molar-refractivity contribution in [3.63, 3.8) is 0 Å². The summed E-state index contributed by atoms with van der Waals surface area (Å²) < 4.78 is 13.5. The SMILES string of the molecule is O=NOSF. The predicted octanol–water partition coefficient (Wildman–Crippen LogP) is 1.22. The topological polar surface area (TPSA) is 38.7 Å². The van der Waals surface area contributed by atoms with E-state index in [9.17, 15) is 3.89 Å². The van der Waals surface area contributed by atoms with Crippen molar-refractivity contribution in [1.82, 2.24) is 0 Å². The third kappa shape index (κ3) is 3.68. The molecule has 0 atom stereocenters. The lowest BCUT2D eigenvalue weighted by Gasteiger charge is -1.67. The first kappa shape index (κ1) is 4.68. The average molecular weight is 97.1 g/mol. The fourth-order valence-electron chi connectivity index (χ4n) is 0.0115. The van der Waals surface area contributed by atoms with Gasteiger partial charge in [0.2, 0.25) is 0 Å². The van der Waals surface area contributed by atoms with Crippen LogP contribution in [0.5, 0.6) is 0 Å². The fraction of sp³-hybridized carbons (Fsp3) is 0. The molecule has 0 aliphatic heterocycles. The Labute approximate surface area is 31.9 Å². The Balaban J connectivity index is 2.40. The molecule has 0 unspecified atom stereocenters. The van der Waals surface area contributed by atoms with Gasteiger partial charge in [-0.3, -0.25) is 4.28 Å². The van der Waals surface area contributed by atoms with Crippen molar-refractivity contribution in [2.75, 3.05) is 0 Å². The lowest BCUT2D eigenvalue weighted by molar-refractivity contribution is 0.382. The predicted molar refractivity (Wildman–Crippen MR) is 15.6 cm³/mol. The van der Waals surface area contributed by atoms with Crippen molar-refractivity contribution < 1.29 is 8.17 Å². The maximum absolute atomic E-state index is 10.4. The molecule has 0 saturated heterocycles. The van der Waals surface area contributed by atoms with Gasteiger partial charge in [-0.25, -0.2) is 0 Å². The number of hydrogen-bond acceptors (Lipinski definition) is 4. The van der Waals surface area contributed by atoms with E-state index in [-0.39, 0.29) is 0 Å². The molecule has 0 N–H and O–H groups in total. The van der Waals surface area contributed by atoms with Gasteiger partial charge in [0, 0.05) is 0 Å². The Morgan fingerprint density at radius 3 is 2.60 bits per heavy atom. The van der Waals surface area contributed by atoms with Gasteiger partial charge in [-0.1, -0.05) is 0 Å². The van der Waals surface area contributed by atoms with E-state index in [1.165, 1.54) is 0 Å². The molecule has 0 aliphatic carbocycles. The Hall–Kier alpha value is -0.320. The quantitative estimate of drug-likeness (QED) is 0.295. The minimum Gasteiger partial charge on any atom is -0.252 e. The first-order valence-electron chi connectivity index (χ1n) is 0.686. The molecule has 0 bridgehead atoms. The first-order valence-corrected chi connectivity index (χ1v) is 1.33. The van der Waals surface area contributed by atoms with Gasteiger partial charge in [-0.2, -0.15) is 0 Å². The monoisotopic (exact) mass is 97.0 g/mol. The van der Waals surface area contributed by atoms with Crippen LogP contribution in [0.2, 0.25) is 0 Å². The average Bonchev–Trinajstić information content (AvgIpc) is 1.41. The van der Waals surface area contributed by atoms with Gasteiger partial charge in [0.15, 0.2) is 5.34 Å². The second-order valence-electron chi connectivity index (χ2n) is 0.212. The molecule has 0 amide bonds. The smallest absolute Gasteiger partial charge is 0.252 e. The summed E-state index contributed by atoms with van der Waals surface area (Å²) in [6.45, 7) is 0. The van der Waals surface area contributed by atoms with Gasteiger partial charge in [0.05, 0.1) is 0 Å². The minimum absolute atomic E-state index is 0.578. The normalized spacial score (nSPS) is 6.60. The maximum atomic E-state index is 10.4. The van der Waals surface area contributed by atoms with Crippen LogP contribution in [-0.4, -0.2) is 0 Å². The zero-order valence-electron chi connectivity index (χ0n) is 2.05. The summed E-state index contributed by atoms with van der Waals surface area (Å²) in [5.41, 5.74) is 0. The molecule has 0 aliphatic rings. The highest BCUT2D eigenvalue weighted by Gasteiger charge is 1.71. The van der Waals surface area contributed by atoms with Crippen molar-refractivity contribution in [3.05, 3.63) is 4.91 Å². The molecule has 0 radical (unpaired) electrons. The van der Waals surface area contributed by atoms with Crippen LogP contribution in [0.3, 0.4) is 0 Å². The van der Waals surface area contributed by atoms with Gasteiger partial charge in [0.1, 0.15) is 0 Å². The molecule has 0 rings (SSSR count). The molecule has 0 saturated carbocycles. The van der Waals surface area contributed by atoms with Crippen LogP contribution in [0.25, 0.3) is 0 Å². The molecule has 5 heteroatoms. The minimum atomic E-state index is -0.578. The van der Waals surface area contributed by atoms with Gasteiger partial charge < -0.3 is 0 Å². The van der Waals surface area contributed by atoms with Crippen LogP contribution in [0.4, 0.5) is 3.89 Å². The Kier molecular flexibility index (Phi) is 3.44. The van der Waals surface area contributed by atoms with Crippen molar-refractivity contribution in [3.8, 4) is 0 Å². The number of rotatable bonds is 2. The summed E-state index contributed by atoms with van der Waals surface area (Å²) in [6, 6.07) is 0. The van der Waals surface area contributed by atoms with E-state index in [0.717, 1.165) is 0 Å². The molecular weight excluding hydrogens is 97.1 g/mol. The van der Waals surface area contributed by atoms with E-state index in [2.05, 4.69) is 4.28 Å². The van der Waals surface area contributed by atoms with Crippen LogP contribution in [0.1, 0.15) is 0 Å². The van der Waals surface area contributed by atoms with E-state index in [1.807, 2.05) is 0 Å². The lowest BCUT2D eigenvalue weighted by Crippen LogP contribution is -1.46. The molecule has 3 nitrogen and oxygen atoms in total. The molecule has 0 aromatic heterocycles. The second kappa shape index (κ2) is 3.68. The van der Waals surface area contributed by atoms with Crippen molar-refractivity contribution in [1.29, 1.82) is 0 Å². The van der Waals surface area contributed by atoms with Crippen LogP contribution < -0.4 is 0 Å². The summed E-state index contributed by atoms with van der Waals surface area (Å²) in [7, 11) is 0. The van der Waals surface area contributed by atoms with E-state index in [1.54, 1.807) is 5.34 Å². The van der Waals surface area contributed by atoms with Gasteiger partial charge in [0.25, 0.3) is 0 Å². The molecular formula is FNO2S. The van der Waals surface area contributed by atoms with Gasteiger partial charge in [-0.05, 0) is 0 Å². The summed E-state index contributed by atoms with van der Waals surface area (Å²) in [5.74, 6) is 0. The number of hydrogen-bond donors (Lipinski definition) is 0. The molecule has 5 heavy (non-hydrogen) atoms. The van der Waals surface area contributed by atoms with E-state index in [4.69, 9.17) is 4.91 Å². The number of nitrogens with zero attached hydrogens (tertiary/aromatic N) is 1. The van der Waals surface area contributed by atoms with Crippen LogP contribution >= 0.6 is 12.4 Å². The molecule has 0 aromatic rings. The molecule has 0 fully saturated rings. The second-order valence-corrected chi connectivity index (χ2v) is 0.487. The highest BCUT2D eigenvalue weighted by atomic mass is 32.2. The molecule has 0 heterocycles. The van der Waals surface area contributed by atoms with Crippen molar-refractivity contribution >= 4 is 12.4 Å². The lowest BCUT2D eigenvalue weighted by atomic mass is 13.4. The van der Waals surface area contributed by atoms with E-state index >= 15 is 0 Å². The van der Waals surface area contributed by atoms with Crippen LogP contribution in [0, 0.1) is 4.91 Å². The van der Waals surface area contributed by atoms with Crippen molar-refractivity contribution in [2.45, 2.75) is 0 Å². The van der Waals surface area contributed by atoms with E-state index in [0.29, 0.717) is 0 Å². The van der Waals surface area contributed by atoms with E-state index < -0.39 is 12.4 Å². The van der Waals surface area contributed by atoms with Crippen LogP contribution in [0.15, 0.2) is 5.34 Å². The van der Waals surface area contributed by atoms with Crippen LogP contribution in [-0.2, 0) is 4.28 Å². The molecule has 0 aromatic carbocycles. The molecule has 0 spiro atoms. The summed E-state index contributed by atoms with van der Waals surface area (Å²) in [5, 5.41) is 1.69. The first-order chi connectivity index (χ1) is 2.41. The van der Waals surface area contributed by atoms with Gasteiger partial charge >= 0.3 is 12.4 Å². The largest absolute Gasteiger partial charge is 0.302 e. The highest BCUT2D eigenvalue weighted by molar-refractivity contribution is 7.89. The Bertz CT molecular complexity index is 30.8. The summed E-state index contributed by atoms with van der Waals surface area (Å²) in [6.07, 6.45) is 0. The zero-order chi connectivity index (χ0) is 4.12. The third-order valence-corrected chi connectivity index (χ3v) is 0.176. The maximum Gasteiger partial charge on any atom is 0.302 e. The highest BCUT2D eigenvalue weighted by Crippen LogP contribution is 1.99. The van der Waals surface area contributed by atoms with Gasteiger partial charge in [-0.15, -0.1) is 8.79 Å². The zero-order valence-corrected chi connectivity index (χ0v) is 2.87. The standard InChI is InChI=1S/FNO2S/c1-5-4-2-3. The molecule has 30 valence electrons. The number of halogens is 1. The Morgan fingerprint density at radius 2 is 2.60 bits per heavy atom. The summed E-state index contributed by atoms with van der Waals surface area (Å²) in [4.78, 5) is 8.67. The third-order valence-electron chi connectivity index (χ3n) is 0.0586. The fourth-order valence-corrected chi connectivity index (χ4v) is 0.0345. The van der Waals surface area contributed by atoms with Crippen molar-refractivity contribution in [2.24, 2.45) is 5.34 Å². The Morgan fingerprint density at radius 1 is 2.00 bits per heavy atom.